The van der Waals surface area contributed by atoms with E-state index in [1.54, 1.807) is 18.3 Å². The van der Waals surface area contributed by atoms with Crippen molar-refractivity contribution in [1.29, 1.82) is 0 Å². The van der Waals surface area contributed by atoms with Crippen LogP contribution in [0, 0.1) is 24.7 Å². The van der Waals surface area contributed by atoms with E-state index in [9.17, 15) is 40.9 Å². The number of amides is 2. The van der Waals surface area contributed by atoms with Crippen molar-refractivity contribution in [2.24, 2.45) is 17.8 Å². The zero-order valence-corrected chi connectivity index (χ0v) is 42.4. The van der Waals surface area contributed by atoms with Crippen molar-refractivity contribution in [1.82, 2.24) is 24.6 Å². The van der Waals surface area contributed by atoms with Gasteiger partial charge in [0, 0.05) is 66.9 Å². The smallest absolute Gasteiger partial charge is 0.355 e. The maximum atomic E-state index is 13.7. The van der Waals surface area contributed by atoms with Gasteiger partial charge in [-0.05, 0) is 111 Å². The quantitative estimate of drug-likeness (QED) is 0.0459. The molecule has 0 saturated heterocycles. The fourth-order valence-electron chi connectivity index (χ4n) is 9.88. The Morgan fingerprint density at radius 3 is 2.42 bits per heavy atom. The van der Waals surface area contributed by atoms with E-state index in [0.29, 0.717) is 91.2 Å². The molecule has 392 valence electrons. The van der Waals surface area contributed by atoms with Crippen LogP contribution in [0.2, 0.25) is 0 Å². The number of hydrogen-bond donors (Lipinski definition) is 3. The number of aromatic nitrogens is 4. The van der Waals surface area contributed by atoms with Crippen LogP contribution in [0.5, 0.6) is 0 Å². The van der Waals surface area contributed by atoms with Crippen molar-refractivity contribution in [2.75, 3.05) is 48.0 Å². The Balaban J connectivity index is 0.00000481. The molecule has 20 heteroatoms. The molecule has 4 heterocycles. The summed E-state index contributed by atoms with van der Waals surface area (Å²) in [7, 11) is -7.66. The number of carbonyl (C=O) groups is 3. The third kappa shape index (κ3) is 15.3. The minimum Gasteiger partial charge on any atom is -0.476 e. The van der Waals surface area contributed by atoms with Crippen LogP contribution < -0.4 is 10.2 Å². The molecule has 1 aliphatic heterocycles. The summed E-state index contributed by atoms with van der Waals surface area (Å²) in [5, 5.41) is 19.7. The molecular weight excluding hydrogens is 979 g/mol. The molecule has 4 atom stereocenters. The van der Waals surface area contributed by atoms with Crippen LogP contribution in [-0.2, 0) is 49.0 Å². The lowest BCUT2D eigenvalue weighted by Gasteiger charge is -2.33. The first-order valence-electron chi connectivity index (χ1n) is 23.9. The average molecular weight is 1050 g/mol. The van der Waals surface area contributed by atoms with Crippen LogP contribution in [0.3, 0.4) is 0 Å². The highest BCUT2D eigenvalue weighted by atomic mass is 32.2. The number of anilines is 2. The molecule has 17 nitrogen and oxygen atoms in total. The number of unbranched alkanes of at least 4 members (excludes halogenated alkanes) is 2. The highest BCUT2D eigenvalue weighted by molar-refractivity contribution is 7.94. The van der Waals surface area contributed by atoms with Crippen LogP contribution >= 0.6 is 11.3 Å². The number of nitrogens with zero attached hydrogens (tertiary/aromatic N) is 6. The molecule has 3 aromatic heterocycles. The fourth-order valence-corrected chi connectivity index (χ4v) is 12.0. The summed E-state index contributed by atoms with van der Waals surface area (Å²) in [6, 6.07) is 17.0. The highest BCUT2D eigenvalue weighted by Gasteiger charge is 2.30. The number of para-hydroxylation sites is 1. The van der Waals surface area contributed by atoms with Crippen LogP contribution in [0.4, 0.5) is 10.9 Å². The van der Waals surface area contributed by atoms with E-state index in [0.717, 1.165) is 51.7 Å². The van der Waals surface area contributed by atoms with Gasteiger partial charge >= 0.3 is 5.97 Å². The highest BCUT2D eigenvalue weighted by Crippen LogP contribution is 2.35. The molecule has 1 fully saturated rings. The Morgan fingerprint density at radius 2 is 1.68 bits per heavy atom. The van der Waals surface area contributed by atoms with Crippen molar-refractivity contribution in [3.63, 3.8) is 0 Å². The molecule has 2 amide bonds. The van der Waals surface area contributed by atoms with Gasteiger partial charge in [-0.15, -0.1) is 0 Å². The lowest BCUT2D eigenvalue weighted by Crippen LogP contribution is -2.38. The number of benzene rings is 2. The van der Waals surface area contributed by atoms with Crippen LogP contribution in [0.1, 0.15) is 118 Å². The lowest BCUT2D eigenvalue weighted by molar-refractivity contribution is -0.132. The Hall–Kier alpha value is -5.54. The molecule has 2 aliphatic rings. The minimum absolute atomic E-state index is 0. The molecule has 4 unspecified atom stereocenters. The Labute approximate surface area is 428 Å². The summed E-state index contributed by atoms with van der Waals surface area (Å²) in [5.41, 5.74) is 5.04. The predicted molar refractivity (Wildman–Crippen MR) is 285 cm³/mol. The molecule has 0 bridgehead atoms. The van der Waals surface area contributed by atoms with Crippen molar-refractivity contribution in [3.8, 4) is 11.1 Å². The number of thiazole rings is 1. The Bertz CT molecular complexity index is 2890. The van der Waals surface area contributed by atoms with Gasteiger partial charge in [-0.3, -0.25) is 24.1 Å². The number of rotatable bonds is 21. The summed E-state index contributed by atoms with van der Waals surface area (Å²) in [5.74, 6) is -0.955. The number of sulfone groups is 1. The van der Waals surface area contributed by atoms with E-state index in [1.165, 1.54) is 16.2 Å². The largest absolute Gasteiger partial charge is 0.476 e. The normalized spacial score (nSPS) is 18.2. The van der Waals surface area contributed by atoms with E-state index in [2.05, 4.69) is 30.7 Å². The number of carbonyl (C=O) groups excluding carboxylic acids is 2. The molecule has 2 aromatic carbocycles. The molecule has 0 spiro atoms. The average Bonchev–Trinajstić information content (AvgIpc) is 3.89. The van der Waals surface area contributed by atoms with Gasteiger partial charge in [-0.1, -0.05) is 77.3 Å². The Kier molecular flexibility index (Phi) is 20.2. The molecule has 1 aliphatic carbocycles. The summed E-state index contributed by atoms with van der Waals surface area (Å²) in [6.45, 7) is 11.3. The molecule has 5 aromatic rings. The topological polar surface area (TPSA) is 231 Å². The van der Waals surface area contributed by atoms with E-state index >= 15 is 0 Å². The monoisotopic (exact) mass is 1050 g/mol. The van der Waals surface area contributed by atoms with Crippen molar-refractivity contribution >= 4 is 70.2 Å². The van der Waals surface area contributed by atoms with E-state index in [1.807, 2.05) is 59.0 Å². The molecule has 0 radical (unpaired) electrons. The van der Waals surface area contributed by atoms with Gasteiger partial charge in [0.1, 0.15) is 5.82 Å². The number of nitrogens with one attached hydrogen (secondary N) is 1. The second-order valence-corrected chi connectivity index (χ2v) is 23.4. The molecule has 3 N–H and O–H groups in total. The third-order valence-electron chi connectivity index (χ3n) is 13.3. The third-order valence-corrected chi connectivity index (χ3v) is 16.3. The van der Waals surface area contributed by atoms with Crippen molar-refractivity contribution < 1.29 is 45.6 Å². The van der Waals surface area contributed by atoms with Gasteiger partial charge in [0.15, 0.2) is 20.7 Å². The number of aromatic carboxylic acids is 1. The molecule has 72 heavy (non-hydrogen) atoms. The summed E-state index contributed by atoms with van der Waals surface area (Å²) < 4.78 is 65.6. The first-order chi connectivity index (χ1) is 33.4. The zero-order chi connectivity index (χ0) is 50.2. The summed E-state index contributed by atoms with van der Waals surface area (Å²) in [6.07, 6.45) is 6.97. The van der Waals surface area contributed by atoms with Crippen molar-refractivity contribution in [3.05, 3.63) is 101 Å². The maximum absolute atomic E-state index is 13.7. The Morgan fingerprint density at radius 1 is 0.917 bits per heavy atom. The van der Waals surface area contributed by atoms with Crippen LogP contribution in [0.15, 0.2) is 72.8 Å². The van der Waals surface area contributed by atoms with E-state index in [-0.39, 0.29) is 76.3 Å². The van der Waals surface area contributed by atoms with Crippen molar-refractivity contribution in [2.45, 2.75) is 113 Å². The molecular formula is C52H71N7O10S3. The standard InChI is InChI=1S/C50H63N7O10S3.2CH4/c1-5-69(62,63)24-10-6-7-16-46(58)55(22-25-70(64,65)66)21-23-67-38-28-34(3)26-33(2)27-36(29-38)31-57-35(4)41(30-51-57)39-17-18-45(53-47(39)49(60)61)56-20-19-37-12-11-13-40(42(37)32-56)48(59)54-50-52-43-14-8-9-15-44(43)68-50;;/h5,8-9,11-15,17-18,30,33-34,36,38H,1,6-7,10,16,19-29,31-32H2,2-4H3,(H,60,61)(H,52,54,59)(H,64,65,66);2*1H4. The zero-order valence-electron chi connectivity index (χ0n) is 40.0. The lowest BCUT2D eigenvalue weighted by atomic mass is 9.80. The van der Waals surface area contributed by atoms with Gasteiger partial charge in [0.2, 0.25) is 5.91 Å². The second kappa shape index (κ2) is 25.4. The van der Waals surface area contributed by atoms with E-state index in [4.69, 9.17) is 14.8 Å². The molecule has 1 saturated carbocycles. The van der Waals surface area contributed by atoms with Gasteiger partial charge in [-0.2, -0.15) is 13.5 Å². The maximum Gasteiger partial charge on any atom is 0.355 e. The minimum atomic E-state index is -4.33. The van der Waals surface area contributed by atoms with Gasteiger partial charge in [-0.25, -0.2) is 23.2 Å². The number of fused-ring (bicyclic) bond motifs is 2. The SMILES string of the molecule is C.C.C=CS(=O)(=O)CCCCCC(=O)N(CCOC1CC(C)CC(C)CC(Cn2ncc(-c3ccc(N4CCc5cccc(C(=O)Nc6nc7ccccc7s6)c5C4)nc3C(=O)O)c2C)C1)CCS(=O)(=O)O. The predicted octanol–water partition coefficient (Wildman–Crippen LogP) is 9.33. The number of carboxylic acid groups (broad SMARTS) is 1. The summed E-state index contributed by atoms with van der Waals surface area (Å²) in [4.78, 5) is 52.5. The van der Waals surface area contributed by atoms with Gasteiger partial charge < -0.3 is 19.6 Å². The van der Waals surface area contributed by atoms with Crippen LogP contribution in [0.25, 0.3) is 21.3 Å². The first-order valence-corrected chi connectivity index (χ1v) is 28.0. The number of carboxylic acids is 1. The summed E-state index contributed by atoms with van der Waals surface area (Å²) >= 11 is 1.41. The second-order valence-electron chi connectivity index (χ2n) is 18.8. The van der Waals surface area contributed by atoms with E-state index < -0.39 is 31.7 Å². The van der Waals surface area contributed by atoms with Gasteiger partial charge in [0.05, 0.1) is 40.6 Å². The first kappa shape index (κ1) is 57.4. The number of pyridine rings is 1. The number of hydrogen-bond acceptors (Lipinski definition) is 13. The van der Waals surface area contributed by atoms with Gasteiger partial charge in [0.25, 0.3) is 16.0 Å². The number of ether oxygens (including phenoxy) is 1. The fraction of sp³-hybridized carbons (Fsp3) is 0.500. The molecule has 7 rings (SSSR count). The van der Waals surface area contributed by atoms with Crippen LogP contribution in [-0.4, -0.2) is 113 Å².